The number of nitrogens with one attached hydrogen (secondary N) is 1. The number of nitrogens with zero attached hydrogens (tertiary/aromatic N) is 2. The monoisotopic (exact) mass is 443 g/mol. The molecular formula is C21H21N3O6S. The van der Waals surface area contributed by atoms with Crippen LogP contribution in [0.25, 0.3) is 0 Å². The van der Waals surface area contributed by atoms with Crippen LogP contribution in [-0.4, -0.2) is 62.1 Å². The Kier molecular flexibility index (Phi) is 5.28. The van der Waals surface area contributed by atoms with E-state index in [1.165, 1.54) is 42.7 Å². The van der Waals surface area contributed by atoms with Gasteiger partial charge in [0.1, 0.15) is 11.8 Å². The predicted octanol–water partition coefficient (Wildman–Crippen LogP) is 1.71. The summed E-state index contributed by atoms with van der Waals surface area (Å²) in [4.78, 5) is 38.7. The number of carbonyl (C=O) groups is 3. The Hall–Kier alpha value is -3.24. The number of amides is 3. The van der Waals surface area contributed by atoms with Crippen molar-refractivity contribution in [1.82, 2.24) is 9.21 Å². The second kappa shape index (κ2) is 7.78. The van der Waals surface area contributed by atoms with Crippen LogP contribution in [0.2, 0.25) is 0 Å². The number of hydrogen-bond acceptors (Lipinski definition) is 6. The lowest BCUT2D eigenvalue weighted by atomic mass is 10.1. The Morgan fingerprint density at radius 2 is 1.81 bits per heavy atom. The first-order valence-electron chi connectivity index (χ1n) is 9.68. The van der Waals surface area contributed by atoms with E-state index < -0.39 is 33.8 Å². The fourth-order valence-electron chi connectivity index (χ4n) is 3.89. The molecule has 0 saturated carbocycles. The first-order valence-corrected chi connectivity index (χ1v) is 11.1. The highest BCUT2D eigenvalue weighted by Crippen LogP contribution is 2.31. The van der Waals surface area contributed by atoms with Gasteiger partial charge in [0.25, 0.3) is 11.8 Å². The highest BCUT2D eigenvalue weighted by Gasteiger charge is 2.41. The maximum Gasteiger partial charge on any atom is 0.263 e. The fourth-order valence-corrected chi connectivity index (χ4v) is 5.55. The molecule has 9 nitrogen and oxygen atoms in total. The lowest BCUT2D eigenvalue weighted by Gasteiger charge is -2.23. The third-order valence-corrected chi connectivity index (χ3v) is 7.47. The molecule has 1 atom stereocenters. The fraction of sp³-hybridized carbons (Fsp3) is 0.286. The molecule has 0 aromatic heterocycles. The number of ether oxygens (including phenoxy) is 1. The van der Waals surface area contributed by atoms with E-state index in [0.717, 1.165) is 4.90 Å². The maximum atomic E-state index is 13.1. The Labute approximate surface area is 179 Å². The Balaban J connectivity index is 1.60. The maximum absolute atomic E-state index is 13.1. The van der Waals surface area contributed by atoms with Crippen LogP contribution in [0.3, 0.4) is 0 Å². The van der Waals surface area contributed by atoms with Gasteiger partial charge in [0.05, 0.1) is 28.8 Å². The number of carbonyl (C=O) groups excluding carboxylic acids is 3. The van der Waals surface area contributed by atoms with Crippen LogP contribution in [0.15, 0.2) is 47.4 Å². The Morgan fingerprint density at radius 1 is 1.10 bits per heavy atom. The molecule has 2 aliphatic heterocycles. The molecule has 0 unspecified atom stereocenters. The molecule has 31 heavy (non-hydrogen) atoms. The number of anilines is 1. The molecule has 1 fully saturated rings. The van der Waals surface area contributed by atoms with Gasteiger partial charge in [-0.05, 0) is 49.2 Å². The summed E-state index contributed by atoms with van der Waals surface area (Å²) in [7, 11) is -1.04. The molecule has 1 N–H and O–H groups in total. The Morgan fingerprint density at radius 3 is 2.48 bits per heavy atom. The molecule has 2 heterocycles. The summed E-state index contributed by atoms with van der Waals surface area (Å²) in [5.41, 5.74) is 0.518. The summed E-state index contributed by atoms with van der Waals surface area (Å²) >= 11 is 0. The van der Waals surface area contributed by atoms with Crippen molar-refractivity contribution in [3.05, 3.63) is 53.6 Å². The standard InChI is InChI=1S/C21H21N3O6S/c1-23-20(26)15-5-3-6-16(18(15)21(23)27)22-19(25)17-7-4-12-24(17)31(28,29)14-10-8-13(30-2)9-11-14/h3,5-6,8-11,17H,4,7,12H2,1-2H3,(H,22,25)/t17-/m0/s1. The number of rotatable bonds is 5. The molecule has 3 amide bonds. The number of fused-ring (bicyclic) bond motifs is 1. The molecule has 4 rings (SSSR count). The van der Waals surface area contributed by atoms with E-state index in [0.29, 0.717) is 18.6 Å². The topological polar surface area (TPSA) is 113 Å². The van der Waals surface area contributed by atoms with E-state index in [9.17, 15) is 22.8 Å². The van der Waals surface area contributed by atoms with Crippen molar-refractivity contribution in [2.75, 3.05) is 26.0 Å². The van der Waals surface area contributed by atoms with Crippen molar-refractivity contribution in [1.29, 1.82) is 0 Å². The molecule has 1 saturated heterocycles. The number of hydrogen-bond donors (Lipinski definition) is 1. The zero-order chi connectivity index (χ0) is 22.3. The van der Waals surface area contributed by atoms with Crippen LogP contribution in [0.1, 0.15) is 33.6 Å². The predicted molar refractivity (Wildman–Crippen MR) is 111 cm³/mol. The zero-order valence-corrected chi connectivity index (χ0v) is 17.8. The van der Waals surface area contributed by atoms with Gasteiger partial charge >= 0.3 is 0 Å². The largest absolute Gasteiger partial charge is 0.497 e. The van der Waals surface area contributed by atoms with Crippen molar-refractivity contribution in [3.63, 3.8) is 0 Å². The quantitative estimate of drug-likeness (QED) is 0.704. The van der Waals surface area contributed by atoms with Crippen molar-refractivity contribution in [2.45, 2.75) is 23.8 Å². The van der Waals surface area contributed by atoms with Gasteiger partial charge in [-0.1, -0.05) is 6.07 Å². The minimum absolute atomic E-state index is 0.0657. The molecule has 0 radical (unpaired) electrons. The first-order chi connectivity index (χ1) is 14.8. The van der Waals surface area contributed by atoms with Crippen LogP contribution < -0.4 is 10.1 Å². The molecule has 10 heteroatoms. The van der Waals surface area contributed by atoms with E-state index in [4.69, 9.17) is 4.74 Å². The summed E-state index contributed by atoms with van der Waals surface area (Å²) in [6, 6.07) is 9.65. The highest BCUT2D eigenvalue weighted by molar-refractivity contribution is 7.89. The summed E-state index contributed by atoms with van der Waals surface area (Å²) in [6.45, 7) is 0.208. The smallest absolute Gasteiger partial charge is 0.263 e. The van der Waals surface area contributed by atoms with Gasteiger partial charge < -0.3 is 10.1 Å². The number of methoxy groups -OCH3 is 1. The number of sulfonamides is 1. The van der Waals surface area contributed by atoms with Crippen molar-refractivity contribution in [3.8, 4) is 5.75 Å². The van der Waals surface area contributed by atoms with Crippen molar-refractivity contribution in [2.24, 2.45) is 0 Å². The van der Waals surface area contributed by atoms with Crippen molar-refractivity contribution < 1.29 is 27.5 Å². The second-order valence-corrected chi connectivity index (χ2v) is 9.23. The van der Waals surface area contributed by atoms with Gasteiger partial charge in [-0.25, -0.2) is 8.42 Å². The molecule has 0 bridgehead atoms. The van der Waals surface area contributed by atoms with Gasteiger partial charge in [-0.15, -0.1) is 0 Å². The average molecular weight is 443 g/mol. The summed E-state index contributed by atoms with van der Waals surface area (Å²) < 4.78 is 32.5. The van der Waals surface area contributed by atoms with Crippen LogP contribution in [0, 0.1) is 0 Å². The average Bonchev–Trinajstić information content (AvgIpc) is 3.35. The molecule has 0 aliphatic carbocycles. The minimum Gasteiger partial charge on any atom is -0.497 e. The van der Waals surface area contributed by atoms with Crippen molar-refractivity contribution >= 4 is 33.4 Å². The molecule has 2 aromatic carbocycles. The van der Waals surface area contributed by atoms with Gasteiger partial charge in [-0.2, -0.15) is 4.31 Å². The number of benzene rings is 2. The second-order valence-electron chi connectivity index (χ2n) is 7.34. The lowest BCUT2D eigenvalue weighted by molar-refractivity contribution is -0.119. The summed E-state index contributed by atoms with van der Waals surface area (Å²) in [5.74, 6) is -0.972. The van der Waals surface area contributed by atoms with Gasteiger partial charge in [0.15, 0.2) is 0 Å². The minimum atomic E-state index is -3.90. The third-order valence-electron chi connectivity index (χ3n) is 5.55. The van der Waals surface area contributed by atoms with E-state index in [2.05, 4.69) is 5.32 Å². The Bertz CT molecular complexity index is 1180. The zero-order valence-electron chi connectivity index (χ0n) is 17.0. The molecular weight excluding hydrogens is 422 g/mol. The van der Waals surface area contributed by atoms with Crippen LogP contribution in [0.5, 0.6) is 5.75 Å². The summed E-state index contributed by atoms with van der Waals surface area (Å²) in [6.07, 6.45) is 0.879. The van der Waals surface area contributed by atoms with E-state index >= 15 is 0 Å². The van der Waals surface area contributed by atoms with Crippen LogP contribution in [0.4, 0.5) is 5.69 Å². The van der Waals surface area contributed by atoms with Gasteiger partial charge in [0, 0.05) is 13.6 Å². The molecule has 2 aromatic rings. The van der Waals surface area contributed by atoms with E-state index in [1.807, 2.05) is 0 Å². The molecule has 2 aliphatic rings. The van der Waals surface area contributed by atoms with E-state index in [-0.39, 0.29) is 28.3 Å². The van der Waals surface area contributed by atoms with E-state index in [1.54, 1.807) is 18.2 Å². The van der Waals surface area contributed by atoms with Crippen LogP contribution in [-0.2, 0) is 14.8 Å². The first kappa shape index (κ1) is 21.0. The number of imide groups is 1. The van der Waals surface area contributed by atoms with Crippen LogP contribution >= 0.6 is 0 Å². The lowest BCUT2D eigenvalue weighted by Crippen LogP contribution is -2.43. The molecule has 0 spiro atoms. The summed E-state index contributed by atoms with van der Waals surface area (Å²) in [5, 5.41) is 2.66. The van der Waals surface area contributed by atoms with Gasteiger partial charge in [-0.3, -0.25) is 19.3 Å². The highest BCUT2D eigenvalue weighted by atomic mass is 32.2. The third kappa shape index (κ3) is 3.47. The molecule has 162 valence electrons. The SMILES string of the molecule is COc1ccc(S(=O)(=O)N2CCC[C@H]2C(=O)Nc2cccc3c2C(=O)N(C)C3=O)cc1. The van der Waals surface area contributed by atoms with Gasteiger partial charge in [0.2, 0.25) is 15.9 Å². The normalized spacial score (nSPS) is 18.9.